The fourth-order valence-electron chi connectivity index (χ4n) is 2.43. The van der Waals surface area contributed by atoms with Crippen molar-refractivity contribution in [3.8, 4) is 0 Å². The fraction of sp³-hybridized carbons (Fsp3) is 0.625. The molecule has 0 aromatic carbocycles. The molecular formula is C16H26N2O3. The summed E-state index contributed by atoms with van der Waals surface area (Å²) < 4.78 is 4.82. The van der Waals surface area contributed by atoms with Crippen LogP contribution in [0.4, 0.5) is 0 Å². The lowest BCUT2D eigenvalue weighted by molar-refractivity contribution is 0.0599. The smallest absolute Gasteiger partial charge is 0.339 e. The topological polar surface area (TPSA) is 62.4 Å². The van der Waals surface area contributed by atoms with Gasteiger partial charge in [0.05, 0.1) is 12.7 Å². The molecule has 21 heavy (non-hydrogen) atoms. The van der Waals surface area contributed by atoms with E-state index in [4.69, 9.17) is 4.74 Å². The molecule has 0 aliphatic carbocycles. The molecule has 118 valence electrons. The number of aromatic nitrogens is 1. The average Bonchev–Trinajstić information content (AvgIpc) is 2.83. The molecule has 1 rings (SSSR count). The number of nitrogens with one attached hydrogen (secondary N) is 1. The predicted octanol–water partition coefficient (Wildman–Crippen LogP) is 2.93. The van der Waals surface area contributed by atoms with Gasteiger partial charge in [-0.3, -0.25) is 4.79 Å². The largest absolute Gasteiger partial charge is 0.465 e. The maximum atomic E-state index is 12.6. The van der Waals surface area contributed by atoms with E-state index in [2.05, 4.69) is 11.9 Å². The van der Waals surface area contributed by atoms with Gasteiger partial charge in [-0.15, -0.1) is 0 Å². The van der Waals surface area contributed by atoms with Gasteiger partial charge < -0.3 is 14.6 Å². The zero-order valence-electron chi connectivity index (χ0n) is 13.7. The molecule has 1 N–H and O–H groups in total. The molecule has 0 aliphatic heterocycles. The van der Waals surface area contributed by atoms with E-state index in [9.17, 15) is 9.59 Å². The van der Waals surface area contributed by atoms with Gasteiger partial charge in [0.25, 0.3) is 5.91 Å². The minimum absolute atomic E-state index is 0.0479. The zero-order chi connectivity index (χ0) is 16.0. The number of aryl methyl sites for hydroxylation is 1. The fourth-order valence-corrected chi connectivity index (χ4v) is 2.43. The van der Waals surface area contributed by atoms with Gasteiger partial charge in [0.2, 0.25) is 0 Å². The van der Waals surface area contributed by atoms with Crippen LogP contribution in [0.15, 0.2) is 0 Å². The van der Waals surface area contributed by atoms with Gasteiger partial charge in [0.1, 0.15) is 5.69 Å². The number of esters is 1. The van der Waals surface area contributed by atoms with E-state index in [0.717, 1.165) is 25.1 Å². The maximum absolute atomic E-state index is 12.6. The van der Waals surface area contributed by atoms with Crippen LogP contribution in [0.1, 0.15) is 65.7 Å². The molecule has 0 saturated carbocycles. The van der Waals surface area contributed by atoms with Crippen molar-refractivity contribution in [2.24, 2.45) is 0 Å². The highest BCUT2D eigenvalue weighted by atomic mass is 16.5. The van der Waals surface area contributed by atoms with Gasteiger partial charge in [-0.2, -0.15) is 0 Å². The minimum atomic E-state index is -0.392. The SMILES string of the molecule is CCCCN(CC)C(=O)c1[nH]c(CC)c(C(=O)OC)c1C. The first kappa shape index (κ1) is 17.3. The van der Waals surface area contributed by atoms with Crippen LogP contribution in [0.3, 0.4) is 0 Å². The molecule has 0 aliphatic rings. The number of hydrogen-bond acceptors (Lipinski definition) is 3. The second-order valence-corrected chi connectivity index (χ2v) is 5.06. The summed E-state index contributed by atoms with van der Waals surface area (Å²) in [6.45, 7) is 9.20. The van der Waals surface area contributed by atoms with E-state index in [1.807, 2.05) is 18.7 Å². The molecule has 0 fully saturated rings. The number of ether oxygens (including phenoxy) is 1. The van der Waals surface area contributed by atoms with Crippen LogP contribution in [0.25, 0.3) is 0 Å². The van der Waals surface area contributed by atoms with E-state index in [-0.39, 0.29) is 5.91 Å². The molecule has 1 aromatic rings. The van der Waals surface area contributed by atoms with Crippen molar-refractivity contribution in [2.75, 3.05) is 20.2 Å². The number of methoxy groups -OCH3 is 1. The lowest BCUT2D eigenvalue weighted by atomic mass is 10.1. The van der Waals surface area contributed by atoms with Gasteiger partial charge in [0.15, 0.2) is 0 Å². The molecule has 0 bridgehead atoms. The van der Waals surface area contributed by atoms with E-state index >= 15 is 0 Å². The van der Waals surface area contributed by atoms with Gasteiger partial charge >= 0.3 is 5.97 Å². The molecule has 0 radical (unpaired) electrons. The number of carbonyl (C=O) groups excluding carboxylic acids is 2. The van der Waals surface area contributed by atoms with Crippen LogP contribution in [0, 0.1) is 6.92 Å². The molecule has 5 heteroatoms. The van der Waals surface area contributed by atoms with Gasteiger partial charge in [0, 0.05) is 18.8 Å². The number of unbranched alkanes of at least 4 members (excludes halogenated alkanes) is 1. The van der Waals surface area contributed by atoms with Gasteiger partial charge in [-0.05, 0) is 32.3 Å². The number of rotatable bonds is 7. The minimum Gasteiger partial charge on any atom is -0.465 e. The average molecular weight is 294 g/mol. The Morgan fingerprint density at radius 1 is 1.24 bits per heavy atom. The standard InChI is InChI=1S/C16H26N2O3/c1-6-9-10-18(8-3)15(19)14-11(4)13(16(20)21-5)12(7-2)17-14/h17H,6-10H2,1-5H3. The lowest BCUT2D eigenvalue weighted by Gasteiger charge is -2.20. The predicted molar refractivity (Wildman–Crippen MR) is 82.7 cm³/mol. The normalized spacial score (nSPS) is 10.5. The summed E-state index contributed by atoms with van der Waals surface area (Å²) >= 11 is 0. The maximum Gasteiger partial charge on any atom is 0.339 e. The number of carbonyl (C=O) groups is 2. The highest BCUT2D eigenvalue weighted by Gasteiger charge is 2.25. The van der Waals surface area contributed by atoms with Crippen LogP contribution in [0.2, 0.25) is 0 Å². The number of H-pyrrole nitrogens is 1. The van der Waals surface area contributed by atoms with E-state index in [1.54, 1.807) is 6.92 Å². The van der Waals surface area contributed by atoms with Crippen molar-refractivity contribution >= 4 is 11.9 Å². The molecule has 0 spiro atoms. The lowest BCUT2D eigenvalue weighted by Crippen LogP contribution is -2.32. The first-order chi connectivity index (χ1) is 10.0. The van der Waals surface area contributed by atoms with Crippen molar-refractivity contribution < 1.29 is 14.3 Å². The summed E-state index contributed by atoms with van der Waals surface area (Å²) in [5.74, 6) is -0.440. The van der Waals surface area contributed by atoms with Crippen LogP contribution in [-0.2, 0) is 11.2 Å². The number of nitrogens with zero attached hydrogens (tertiary/aromatic N) is 1. The molecule has 0 atom stereocenters. The van der Waals surface area contributed by atoms with Crippen LogP contribution < -0.4 is 0 Å². The van der Waals surface area contributed by atoms with Crippen molar-refractivity contribution in [1.82, 2.24) is 9.88 Å². The van der Waals surface area contributed by atoms with E-state index in [1.165, 1.54) is 7.11 Å². The highest BCUT2D eigenvalue weighted by Crippen LogP contribution is 2.21. The Bertz CT molecular complexity index is 506. The Kier molecular flexibility index (Phi) is 6.46. The highest BCUT2D eigenvalue weighted by molar-refractivity contribution is 6.00. The number of aromatic amines is 1. The number of hydrogen-bond donors (Lipinski definition) is 1. The molecule has 1 amide bonds. The second kappa shape index (κ2) is 7.86. The summed E-state index contributed by atoms with van der Waals surface area (Å²) in [7, 11) is 1.36. The summed E-state index contributed by atoms with van der Waals surface area (Å²) in [5, 5.41) is 0. The number of amides is 1. The molecule has 5 nitrogen and oxygen atoms in total. The molecular weight excluding hydrogens is 268 g/mol. The van der Waals surface area contributed by atoms with Crippen LogP contribution in [-0.4, -0.2) is 42.0 Å². The zero-order valence-corrected chi connectivity index (χ0v) is 13.7. The molecule has 1 aromatic heterocycles. The Hall–Kier alpha value is -1.78. The van der Waals surface area contributed by atoms with E-state index < -0.39 is 5.97 Å². The van der Waals surface area contributed by atoms with Crippen molar-refractivity contribution in [2.45, 2.75) is 47.0 Å². The molecule has 1 heterocycles. The van der Waals surface area contributed by atoms with Crippen LogP contribution in [0.5, 0.6) is 0 Å². The Balaban J connectivity index is 3.15. The Morgan fingerprint density at radius 2 is 1.90 bits per heavy atom. The summed E-state index contributed by atoms with van der Waals surface area (Å²) in [6, 6.07) is 0. The quantitative estimate of drug-likeness (QED) is 0.786. The van der Waals surface area contributed by atoms with Crippen molar-refractivity contribution in [3.05, 3.63) is 22.5 Å². The summed E-state index contributed by atoms with van der Waals surface area (Å²) in [4.78, 5) is 29.5. The van der Waals surface area contributed by atoms with E-state index in [0.29, 0.717) is 29.8 Å². The third-order valence-electron chi connectivity index (χ3n) is 3.74. The van der Waals surface area contributed by atoms with Crippen LogP contribution >= 0.6 is 0 Å². The first-order valence-electron chi connectivity index (χ1n) is 7.60. The van der Waals surface area contributed by atoms with Gasteiger partial charge in [-0.25, -0.2) is 4.79 Å². The van der Waals surface area contributed by atoms with Gasteiger partial charge in [-0.1, -0.05) is 20.3 Å². The van der Waals surface area contributed by atoms with Crippen molar-refractivity contribution in [1.29, 1.82) is 0 Å². The first-order valence-corrected chi connectivity index (χ1v) is 7.60. The Morgan fingerprint density at radius 3 is 2.38 bits per heavy atom. The summed E-state index contributed by atoms with van der Waals surface area (Å²) in [6.07, 6.45) is 2.67. The third kappa shape index (κ3) is 3.65. The molecule has 0 unspecified atom stereocenters. The summed E-state index contributed by atoms with van der Waals surface area (Å²) in [5.41, 5.74) is 2.44. The monoisotopic (exact) mass is 294 g/mol. The molecule has 0 saturated heterocycles. The van der Waals surface area contributed by atoms with Crippen molar-refractivity contribution in [3.63, 3.8) is 0 Å². The Labute approximate surface area is 126 Å². The third-order valence-corrected chi connectivity index (χ3v) is 3.74. The second-order valence-electron chi connectivity index (χ2n) is 5.06.